The van der Waals surface area contributed by atoms with Gasteiger partial charge in [0, 0.05) is 5.69 Å². The van der Waals surface area contributed by atoms with E-state index < -0.39 is 0 Å². The van der Waals surface area contributed by atoms with Crippen molar-refractivity contribution in [1.82, 2.24) is 0 Å². The molecule has 0 bridgehead atoms. The van der Waals surface area contributed by atoms with E-state index in [4.69, 9.17) is 5.73 Å². The lowest BCUT2D eigenvalue weighted by Gasteiger charge is -2.00. The molecule has 1 rings (SSSR count). The minimum Gasteiger partial charge on any atom is -0.398 e. The molecule has 2 nitrogen and oxygen atoms in total. The first-order valence-corrected chi connectivity index (χ1v) is 5.61. The van der Waals surface area contributed by atoms with Gasteiger partial charge >= 0.3 is 0 Å². The Kier molecular flexibility index (Phi) is 20.1. The Hall–Kier alpha value is -1.02. The number of rotatable bonds is 0. The lowest BCUT2D eigenvalue weighted by molar-refractivity contribution is 1.39. The Labute approximate surface area is 95.7 Å². The summed E-state index contributed by atoms with van der Waals surface area (Å²) in [7, 11) is 1.50. The van der Waals surface area contributed by atoms with Crippen molar-refractivity contribution in [2.45, 2.75) is 41.5 Å². The first-order valence-electron chi connectivity index (χ1n) is 5.61. The van der Waals surface area contributed by atoms with Gasteiger partial charge in [0.2, 0.25) is 0 Å². The molecule has 0 aliphatic heterocycles. The van der Waals surface area contributed by atoms with Gasteiger partial charge in [0.15, 0.2) is 0 Å². The minimum absolute atomic E-state index is 0.914. The fourth-order valence-corrected chi connectivity index (χ4v) is 0.827. The van der Waals surface area contributed by atoms with Crippen LogP contribution in [0.4, 0.5) is 5.69 Å². The van der Waals surface area contributed by atoms with Crippen LogP contribution in [0.3, 0.4) is 0 Å². The molecule has 4 N–H and O–H groups in total. The molecule has 0 aliphatic carbocycles. The second-order valence-electron chi connectivity index (χ2n) is 2.31. The van der Waals surface area contributed by atoms with Gasteiger partial charge in [0.05, 0.1) is 0 Å². The van der Waals surface area contributed by atoms with Gasteiger partial charge in [-0.3, -0.25) is 0 Å². The van der Waals surface area contributed by atoms with Crippen molar-refractivity contribution in [3.05, 3.63) is 29.3 Å². The first-order chi connectivity index (χ1) is 7.22. The van der Waals surface area contributed by atoms with Gasteiger partial charge in [-0.25, -0.2) is 0 Å². The average molecular weight is 212 g/mol. The number of hydrogen-bond acceptors (Lipinski definition) is 2. The first kappa shape index (κ1) is 19.5. The summed E-state index contributed by atoms with van der Waals surface area (Å²) in [6.45, 7) is 12.0. The van der Waals surface area contributed by atoms with Crippen LogP contribution in [0.15, 0.2) is 18.2 Å². The van der Waals surface area contributed by atoms with Crippen LogP contribution in [0.5, 0.6) is 0 Å². The van der Waals surface area contributed by atoms with E-state index >= 15 is 0 Å². The predicted molar refractivity (Wildman–Crippen MR) is 73.1 cm³/mol. The zero-order valence-corrected chi connectivity index (χ0v) is 11.4. The van der Waals surface area contributed by atoms with E-state index in [1.54, 1.807) is 0 Å². The number of hydrogen-bond donors (Lipinski definition) is 2. The largest absolute Gasteiger partial charge is 0.398 e. The lowest BCUT2D eigenvalue weighted by atomic mass is 10.1. The molecule has 0 aromatic heterocycles. The van der Waals surface area contributed by atoms with Gasteiger partial charge in [-0.15, -0.1) is 0 Å². The highest BCUT2D eigenvalue weighted by molar-refractivity contribution is 5.52. The molecule has 0 radical (unpaired) electrons. The maximum Gasteiger partial charge on any atom is 0.0373 e. The summed E-state index contributed by atoms with van der Waals surface area (Å²) >= 11 is 0. The van der Waals surface area contributed by atoms with Crippen molar-refractivity contribution in [3.63, 3.8) is 0 Å². The third-order valence-electron chi connectivity index (χ3n) is 1.54. The topological polar surface area (TPSA) is 52.0 Å². The molecule has 0 atom stereocenters. The van der Waals surface area contributed by atoms with Crippen LogP contribution in [-0.2, 0) is 0 Å². The molecule has 90 valence electrons. The summed E-state index contributed by atoms with van der Waals surface area (Å²) < 4.78 is 0. The lowest BCUT2D eigenvalue weighted by Crippen LogP contribution is -1.91. The van der Waals surface area contributed by atoms with Gasteiger partial charge < -0.3 is 11.5 Å². The van der Waals surface area contributed by atoms with Gasteiger partial charge in [-0.2, -0.15) is 0 Å². The Morgan fingerprint density at radius 3 is 1.27 bits per heavy atom. The highest BCUT2D eigenvalue weighted by Gasteiger charge is 1.92. The Morgan fingerprint density at radius 1 is 0.800 bits per heavy atom. The monoisotopic (exact) mass is 212 g/mol. The van der Waals surface area contributed by atoms with E-state index in [9.17, 15) is 0 Å². The van der Waals surface area contributed by atoms with Gasteiger partial charge in [0.1, 0.15) is 0 Å². The fourth-order valence-electron chi connectivity index (χ4n) is 0.827. The second-order valence-corrected chi connectivity index (χ2v) is 2.31. The van der Waals surface area contributed by atoms with Crippen molar-refractivity contribution < 1.29 is 0 Å². The van der Waals surface area contributed by atoms with Crippen LogP contribution >= 0.6 is 0 Å². The molecule has 0 saturated heterocycles. The number of para-hydroxylation sites is 1. The highest BCUT2D eigenvalue weighted by atomic mass is 14.6. The second kappa shape index (κ2) is 15.5. The Balaban J connectivity index is -0.000000208. The molecule has 0 fully saturated rings. The van der Waals surface area contributed by atoms with Gasteiger partial charge in [-0.05, 0) is 32.0 Å². The predicted octanol–water partition coefficient (Wildman–Crippen LogP) is 3.51. The summed E-state index contributed by atoms with van der Waals surface area (Å²) in [5.41, 5.74) is 13.4. The molecule has 1 aromatic rings. The average Bonchev–Trinajstić information content (AvgIpc) is 2.34. The molecule has 0 aliphatic rings. The minimum atomic E-state index is 0.914. The van der Waals surface area contributed by atoms with E-state index in [1.807, 2.05) is 59.7 Å². The normalized spacial score (nSPS) is 6.93. The zero-order valence-electron chi connectivity index (χ0n) is 11.4. The van der Waals surface area contributed by atoms with Gasteiger partial charge in [-0.1, -0.05) is 45.9 Å². The van der Waals surface area contributed by atoms with Gasteiger partial charge in [0.25, 0.3) is 0 Å². The molecule has 2 heteroatoms. The summed E-state index contributed by atoms with van der Waals surface area (Å²) in [5, 5.41) is 0. The van der Waals surface area contributed by atoms with Crippen molar-refractivity contribution in [2.75, 3.05) is 12.8 Å². The maximum absolute atomic E-state index is 5.68. The van der Waals surface area contributed by atoms with Crippen molar-refractivity contribution in [3.8, 4) is 0 Å². The van der Waals surface area contributed by atoms with E-state index in [-0.39, 0.29) is 0 Å². The van der Waals surface area contributed by atoms with E-state index in [1.165, 1.54) is 7.05 Å². The zero-order chi connectivity index (χ0) is 12.9. The summed E-state index contributed by atoms with van der Waals surface area (Å²) in [5.74, 6) is 0. The SMILES string of the molecule is CC.CC.CN.Cc1cccc(C)c1N. The Bertz CT molecular complexity index is 200. The fraction of sp³-hybridized carbons (Fsp3) is 0.538. The summed E-state index contributed by atoms with van der Waals surface area (Å²) in [6, 6.07) is 6.05. The molecule has 0 unspecified atom stereocenters. The number of nitrogens with two attached hydrogens (primary N) is 2. The molecule has 0 heterocycles. The number of aryl methyl sites for hydroxylation is 2. The van der Waals surface area contributed by atoms with Crippen LogP contribution in [0.1, 0.15) is 38.8 Å². The summed E-state index contributed by atoms with van der Waals surface area (Å²) in [4.78, 5) is 0. The molecular weight excluding hydrogens is 184 g/mol. The number of benzene rings is 1. The van der Waals surface area contributed by atoms with Crippen LogP contribution in [0.2, 0.25) is 0 Å². The smallest absolute Gasteiger partial charge is 0.0373 e. The van der Waals surface area contributed by atoms with Crippen LogP contribution < -0.4 is 11.5 Å². The van der Waals surface area contributed by atoms with Crippen LogP contribution in [0.25, 0.3) is 0 Å². The quantitative estimate of drug-likeness (QED) is 0.647. The Morgan fingerprint density at radius 2 is 1.07 bits per heavy atom. The van der Waals surface area contributed by atoms with Crippen LogP contribution in [-0.4, -0.2) is 7.05 Å². The number of nitrogen functional groups attached to an aromatic ring is 1. The molecule has 0 amide bonds. The highest BCUT2D eigenvalue weighted by Crippen LogP contribution is 2.13. The van der Waals surface area contributed by atoms with Crippen molar-refractivity contribution in [2.24, 2.45) is 5.73 Å². The number of anilines is 1. The third kappa shape index (κ3) is 9.29. The summed E-state index contributed by atoms with van der Waals surface area (Å²) in [6.07, 6.45) is 0. The molecule has 1 aromatic carbocycles. The van der Waals surface area contributed by atoms with Crippen LogP contribution in [0, 0.1) is 13.8 Å². The molecule has 0 saturated carbocycles. The third-order valence-corrected chi connectivity index (χ3v) is 1.54. The molecular formula is C13H28N2. The van der Waals surface area contributed by atoms with E-state index in [0.717, 1.165) is 16.8 Å². The van der Waals surface area contributed by atoms with E-state index in [2.05, 4.69) is 5.73 Å². The maximum atomic E-state index is 5.68. The standard InChI is InChI=1S/C8H11N.2C2H6.CH5N/c1-6-4-3-5-7(2)8(6)9;3*1-2/h3-5H,9H2,1-2H3;2*1-2H3;2H2,1H3. The van der Waals surface area contributed by atoms with Crippen molar-refractivity contribution in [1.29, 1.82) is 0 Å². The molecule has 15 heavy (non-hydrogen) atoms. The van der Waals surface area contributed by atoms with Crippen molar-refractivity contribution >= 4 is 5.69 Å². The molecule has 0 spiro atoms. The van der Waals surface area contributed by atoms with E-state index in [0.29, 0.717) is 0 Å².